The monoisotopic (exact) mass is 194 g/mol. The number of aliphatic carboxylic acids is 2. The van der Waals surface area contributed by atoms with Crippen molar-refractivity contribution >= 4 is 11.9 Å². The van der Waals surface area contributed by atoms with Gasteiger partial charge in [-0.3, -0.25) is 0 Å². The summed E-state index contributed by atoms with van der Waals surface area (Å²) in [4.78, 5) is 21.6. The molecule has 14 heavy (non-hydrogen) atoms. The van der Waals surface area contributed by atoms with Gasteiger partial charge in [-0.05, 0) is 24.7 Å². The summed E-state index contributed by atoms with van der Waals surface area (Å²) in [7, 11) is 0. The van der Waals surface area contributed by atoms with E-state index >= 15 is 0 Å². The molecule has 0 aromatic rings. The molecule has 0 aromatic heterocycles. The fraction of sp³-hybridized carbons (Fsp3) is 0.600. The van der Waals surface area contributed by atoms with E-state index in [4.69, 9.17) is 0 Å². The van der Waals surface area contributed by atoms with Gasteiger partial charge in [0, 0.05) is 23.8 Å². The number of carboxylic acid groups (broad SMARTS) is 2. The van der Waals surface area contributed by atoms with Crippen molar-refractivity contribution in [3.8, 4) is 0 Å². The number of hydrogen-bond acceptors (Lipinski definition) is 4. The molecule has 0 saturated heterocycles. The van der Waals surface area contributed by atoms with Gasteiger partial charge in [-0.2, -0.15) is 0 Å². The maximum atomic E-state index is 10.8. The van der Waals surface area contributed by atoms with E-state index in [1.807, 2.05) is 0 Å². The molecule has 3 rings (SSSR count). The quantitative estimate of drug-likeness (QED) is 0.491. The van der Waals surface area contributed by atoms with Crippen LogP contribution >= 0.6 is 0 Å². The number of carboxylic acids is 2. The van der Waals surface area contributed by atoms with Gasteiger partial charge in [0.05, 0.1) is 0 Å². The highest BCUT2D eigenvalue weighted by atomic mass is 16.4. The van der Waals surface area contributed by atoms with Crippen molar-refractivity contribution in [2.75, 3.05) is 0 Å². The Kier molecular flexibility index (Phi) is 2.06. The SMILES string of the molecule is O=C([O-])[C@H]1[C@H](C(=O)[O-])[C@H]2C=C[C@@H]1CC2. The molecule has 0 aliphatic heterocycles. The number of carbonyl (C=O) groups is 2. The van der Waals surface area contributed by atoms with Crippen molar-refractivity contribution in [1.82, 2.24) is 0 Å². The minimum Gasteiger partial charge on any atom is -0.550 e. The Morgan fingerprint density at radius 2 is 1.29 bits per heavy atom. The summed E-state index contributed by atoms with van der Waals surface area (Å²) in [5.41, 5.74) is 0. The lowest BCUT2D eigenvalue weighted by Crippen LogP contribution is -2.53. The van der Waals surface area contributed by atoms with Gasteiger partial charge in [0.2, 0.25) is 0 Å². The highest BCUT2D eigenvalue weighted by Gasteiger charge is 2.41. The molecule has 0 aromatic carbocycles. The molecule has 0 heterocycles. The van der Waals surface area contributed by atoms with Crippen LogP contribution < -0.4 is 10.2 Å². The second-order valence-corrected chi connectivity index (χ2v) is 3.98. The maximum Gasteiger partial charge on any atom is 0.0457 e. The number of fused-ring (bicyclic) bond motifs is 2. The summed E-state index contributed by atoms with van der Waals surface area (Å²) < 4.78 is 0. The lowest BCUT2D eigenvalue weighted by molar-refractivity contribution is -0.331. The summed E-state index contributed by atoms with van der Waals surface area (Å²) in [5, 5.41) is 21.6. The zero-order valence-corrected chi connectivity index (χ0v) is 7.51. The van der Waals surface area contributed by atoms with Crippen molar-refractivity contribution in [2.45, 2.75) is 12.8 Å². The van der Waals surface area contributed by atoms with E-state index in [1.165, 1.54) is 0 Å². The van der Waals surface area contributed by atoms with Crippen molar-refractivity contribution in [2.24, 2.45) is 23.7 Å². The molecule has 4 heteroatoms. The molecule has 0 radical (unpaired) electrons. The van der Waals surface area contributed by atoms with Crippen LogP contribution in [0.2, 0.25) is 0 Å². The molecular formula is C10H10O4-2. The van der Waals surface area contributed by atoms with Crippen LogP contribution in [-0.2, 0) is 9.59 Å². The topological polar surface area (TPSA) is 80.3 Å². The van der Waals surface area contributed by atoms with Gasteiger partial charge in [-0.1, -0.05) is 12.2 Å². The van der Waals surface area contributed by atoms with Gasteiger partial charge in [-0.25, -0.2) is 0 Å². The lowest BCUT2D eigenvalue weighted by Gasteiger charge is -2.45. The van der Waals surface area contributed by atoms with Crippen LogP contribution in [0.1, 0.15) is 12.8 Å². The molecule has 76 valence electrons. The summed E-state index contributed by atoms with van der Waals surface area (Å²) in [6.07, 6.45) is 5.08. The zero-order chi connectivity index (χ0) is 10.3. The van der Waals surface area contributed by atoms with E-state index in [0.29, 0.717) is 0 Å². The molecule has 1 saturated carbocycles. The summed E-state index contributed by atoms with van der Waals surface area (Å²) in [6.45, 7) is 0. The first kappa shape index (κ1) is 9.24. The van der Waals surface area contributed by atoms with Gasteiger partial charge in [0.25, 0.3) is 0 Å². The Morgan fingerprint density at radius 1 is 0.929 bits per heavy atom. The van der Waals surface area contributed by atoms with E-state index in [0.717, 1.165) is 12.8 Å². The van der Waals surface area contributed by atoms with Crippen LogP contribution in [-0.4, -0.2) is 11.9 Å². The minimum atomic E-state index is -1.27. The van der Waals surface area contributed by atoms with Crippen LogP contribution in [0.15, 0.2) is 12.2 Å². The van der Waals surface area contributed by atoms with Gasteiger partial charge in [0.1, 0.15) is 0 Å². The van der Waals surface area contributed by atoms with E-state index in [9.17, 15) is 19.8 Å². The van der Waals surface area contributed by atoms with E-state index in [1.54, 1.807) is 12.2 Å². The van der Waals surface area contributed by atoms with Gasteiger partial charge in [0.15, 0.2) is 0 Å². The average molecular weight is 194 g/mol. The second kappa shape index (κ2) is 3.12. The summed E-state index contributed by atoms with van der Waals surface area (Å²) in [5.74, 6) is -4.70. The zero-order valence-electron chi connectivity index (χ0n) is 7.51. The molecule has 3 aliphatic rings. The molecule has 4 atom stereocenters. The third-order valence-corrected chi connectivity index (χ3v) is 3.29. The van der Waals surface area contributed by atoms with Crippen LogP contribution in [0.25, 0.3) is 0 Å². The summed E-state index contributed by atoms with van der Waals surface area (Å²) in [6, 6.07) is 0. The fourth-order valence-electron chi connectivity index (χ4n) is 2.64. The van der Waals surface area contributed by atoms with Crippen molar-refractivity contribution in [1.29, 1.82) is 0 Å². The first-order valence-corrected chi connectivity index (χ1v) is 4.71. The molecule has 4 nitrogen and oxygen atoms in total. The molecule has 3 aliphatic carbocycles. The molecular weight excluding hydrogens is 184 g/mol. The maximum absolute atomic E-state index is 10.8. The van der Waals surface area contributed by atoms with Crippen LogP contribution in [0.4, 0.5) is 0 Å². The highest BCUT2D eigenvalue weighted by molar-refractivity contribution is 5.79. The van der Waals surface area contributed by atoms with Crippen LogP contribution in [0, 0.1) is 23.7 Å². The molecule has 1 fully saturated rings. The predicted molar refractivity (Wildman–Crippen MR) is 42.3 cm³/mol. The van der Waals surface area contributed by atoms with Crippen molar-refractivity contribution in [3.63, 3.8) is 0 Å². The lowest BCUT2D eigenvalue weighted by atomic mass is 9.62. The molecule has 2 bridgehead atoms. The van der Waals surface area contributed by atoms with Crippen LogP contribution in [0.5, 0.6) is 0 Å². The molecule has 0 N–H and O–H groups in total. The first-order chi connectivity index (χ1) is 6.61. The number of hydrogen-bond donors (Lipinski definition) is 0. The number of rotatable bonds is 2. The van der Waals surface area contributed by atoms with E-state index in [2.05, 4.69) is 0 Å². The smallest absolute Gasteiger partial charge is 0.0457 e. The molecule has 0 unspecified atom stereocenters. The average Bonchev–Trinajstić information content (AvgIpc) is 2.17. The Hall–Kier alpha value is -1.32. The Balaban J connectivity index is 2.33. The third kappa shape index (κ3) is 1.22. The standard InChI is InChI=1S/C10H12O4/c11-9(12)7-5-1-2-6(4-3-5)8(7)10(13)14/h1-2,5-8H,3-4H2,(H,11,12)(H,13,14)/p-2/t5-,6+,7-,8-/m1/s1. The summed E-state index contributed by atoms with van der Waals surface area (Å²) >= 11 is 0. The normalized spacial score (nSPS) is 39.7. The Labute approximate surface area is 81.2 Å². The highest BCUT2D eigenvalue weighted by Crippen LogP contribution is 2.44. The third-order valence-electron chi connectivity index (χ3n) is 3.29. The fourth-order valence-corrected chi connectivity index (χ4v) is 2.64. The van der Waals surface area contributed by atoms with Gasteiger partial charge >= 0.3 is 0 Å². The van der Waals surface area contributed by atoms with Crippen LogP contribution in [0.3, 0.4) is 0 Å². The number of carbonyl (C=O) groups excluding carboxylic acids is 2. The molecule has 0 amide bonds. The van der Waals surface area contributed by atoms with Crippen molar-refractivity contribution in [3.05, 3.63) is 12.2 Å². The van der Waals surface area contributed by atoms with Gasteiger partial charge in [-0.15, -0.1) is 0 Å². The predicted octanol–water partition coefficient (Wildman–Crippen LogP) is -1.69. The Bertz CT molecular complexity index is 277. The largest absolute Gasteiger partial charge is 0.550 e. The van der Waals surface area contributed by atoms with E-state index < -0.39 is 23.8 Å². The number of allylic oxidation sites excluding steroid dienone is 2. The first-order valence-electron chi connectivity index (χ1n) is 4.71. The van der Waals surface area contributed by atoms with E-state index in [-0.39, 0.29) is 11.8 Å². The minimum absolute atomic E-state index is 0.187. The Morgan fingerprint density at radius 3 is 1.50 bits per heavy atom. The van der Waals surface area contributed by atoms with Crippen molar-refractivity contribution < 1.29 is 19.8 Å². The molecule has 0 spiro atoms. The second-order valence-electron chi connectivity index (χ2n) is 3.98. The van der Waals surface area contributed by atoms with Gasteiger partial charge < -0.3 is 19.8 Å².